The van der Waals surface area contributed by atoms with Crippen LogP contribution in [0.5, 0.6) is 5.75 Å². The second kappa shape index (κ2) is 7.23. The van der Waals surface area contributed by atoms with E-state index >= 15 is 0 Å². The quantitative estimate of drug-likeness (QED) is 0.598. The number of rotatable bonds is 6. The lowest BCUT2D eigenvalue weighted by molar-refractivity contribution is 0.0448. The highest BCUT2D eigenvalue weighted by Crippen LogP contribution is 2.15. The maximum absolute atomic E-state index is 13.3. The molecule has 0 spiro atoms. The van der Waals surface area contributed by atoms with Gasteiger partial charge in [0.15, 0.2) is 21.4 Å². The monoisotopic (exact) mass is 338 g/mol. The van der Waals surface area contributed by atoms with E-state index in [2.05, 4.69) is 0 Å². The summed E-state index contributed by atoms with van der Waals surface area (Å²) in [4.78, 5) is 11.9. The smallest absolute Gasteiger partial charge is 0.338 e. The molecule has 0 aliphatic heterocycles. The first-order chi connectivity index (χ1) is 10.9. The van der Waals surface area contributed by atoms with E-state index in [0.717, 1.165) is 6.26 Å². The van der Waals surface area contributed by atoms with Gasteiger partial charge in [0.1, 0.15) is 13.2 Å². The van der Waals surface area contributed by atoms with Crippen LogP contribution in [0.2, 0.25) is 0 Å². The van der Waals surface area contributed by atoms with Gasteiger partial charge in [0, 0.05) is 6.26 Å². The molecule has 0 fully saturated rings. The third-order valence-electron chi connectivity index (χ3n) is 2.93. The van der Waals surface area contributed by atoms with Crippen molar-refractivity contribution in [3.05, 3.63) is 59.9 Å². The van der Waals surface area contributed by atoms with E-state index in [-0.39, 0.29) is 29.4 Å². The summed E-state index contributed by atoms with van der Waals surface area (Å²) in [6.45, 7) is -0.0465. The summed E-state index contributed by atoms with van der Waals surface area (Å²) in [5.41, 5.74) is 0.225. The molecule has 2 aromatic carbocycles. The maximum atomic E-state index is 13.3. The molecule has 0 N–H and O–H groups in total. The van der Waals surface area contributed by atoms with Gasteiger partial charge in [0.2, 0.25) is 0 Å². The van der Waals surface area contributed by atoms with E-state index in [4.69, 9.17) is 9.47 Å². The molecule has 2 rings (SSSR count). The molecule has 0 unspecified atom stereocenters. The van der Waals surface area contributed by atoms with Crippen LogP contribution in [0.1, 0.15) is 10.4 Å². The minimum absolute atomic E-state index is 0.00803. The number of para-hydroxylation sites is 1. The fourth-order valence-corrected chi connectivity index (χ4v) is 2.40. The van der Waals surface area contributed by atoms with Crippen LogP contribution in [0, 0.1) is 5.82 Å². The van der Waals surface area contributed by atoms with Crippen LogP contribution in [0.3, 0.4) is 0 Å². The van der Waals surface area contributed by atoms with Crippen LogP contribution < -0.4 is 4.74 Å². The molecule has 0 aromatic heterocycles. The van der Waals surface area contributed by atoms with E-state index in [1.54, 1.807) is 12.1 Å². The summed E-state index contributed by atoms with van der Waals surface area (Å²) in [5.74, 6) is -1.02. The number of halogens is 1. The van der Waals surface area contributed by atoms with E-state index in [1.807, 2.05) is 0 Å². The Morgan fingerprint density at radius 3 is 2.30 bits per heavy atom. The Balaban J connectivity index is 1.84. The Morgan fingerprint density at radius 1 is 1.04 bits per heavy atom. The predicted octanol–water partition coefficient (Wildman–Crippen LogP) is 2.47. The van der Waals surface area contributed by atoms with Crippen molar-refractivity contribution in [3.8, 4) is 5.75 Å². The Labute approximate surface area is 133 Å². The zero-order valence-corrected chi connectivity index (χ0v) is 13.2. The largest absolute Gasteiger partial charge is 0.487 e. The molecular formula is C16H15FO5S. The first-order valence-corrected chi connectivity index (χ1v) is 8.61. The van der Waals surface area contributed by atoms with E-state index in [0.29, 0.717) is 0 Å². The predicted molar refractivity (Wildman–Crippen MR) is 81.7 cm³/mol. The second-order valence-electron chi connectivity index (χ2n) is 4.71. The van der Waals surface area contributed by atoms with Crippen molar-refractivity contribution >= 4 is 15.8 Å². The molecule has 122 valence electrons. The number of sulfone groups is 1. The second-order valence-corrected chi connectivity index (χ2v) is 6.73. The maximum Gasteiger partial charge on any atom is 0.338 e. The number of esters is 1. The van der Waals surface area contributed by atoms with E-state index < -0.39 is 21.6 Å². The minimum atomic E-state index is -3.31. The van der Waals surface area contributed by atoms with Gasteiger partial charge in [-0.1, -0.05) is 12.1 Å². The average molecular weight is 338 g/mol. The Morgan fingerprint density at radius 2 is 1.70 bits per heavy atom. The molecule has 5 nitrogen and oxygen atoms in total. The molecule has 0 atom stereocenters. The minimum Gasteiger partial charge on any atom is -0.487 e. The Kier molecular flexibility index (Phi) is 5.33. The molecule has 2 aromatic rings. The summed E-state index contributed by atoms with van der Waals surface area (Å²) >= 11 is 0. The standard InChI is InChI=1S/C16H15FO5S/c1-23(19,20)13-8-6-12(7-9-13)16(18)22-11-10-21-15-5-3-2-4-14(15)17/h2-9H,10-11H2,1H3. The van der Waals surface area contributed by atoms with Gasteiger partial charge in [-0.2, -0.15) is 0 Å². The number of carbonyl (C=O) groups is 1. The van der Waals surface area contributed by atoms with Crippen LogP contribution in [0.15, 0.2) is 53.4 Å². The van der Waals surface area contributed by atoms with Gasteiger partial charge in [-0.25, -0.2) is 17.6 Å². The van der Waals surface area contributed by atoms with Crippen LogP contribution in [0.25, 0.3) is 0 Å². The van der Waals surface area contributed by atoms with Crippen molar-refractivity contribution in [3.63, 3.8) is 0 Å². The van der Waals surface area contributed by atoms with Crippen LogP contribution in [-0.4, -0.2) is 33.9 Å². The van der Waals surface area contributed by atoms with Crippen LogP contribution in [0.4, 0.5) is 4.39 Å². The van der Waals surface area contributed by atoms with E-state index in [9.17, 15) is 17.6 Å². The molecule has 0 amide bonds. The molecular weight excluding hydrogens is 323 g/mol. The van der Waals surface area contributed by atoms with Crippen LogP contribution >= 0.6 is 0 Å². The van der Waals surface area contributed by atoms with Crippen molar-refractivity contribution in [2.75, 3.05) is 19.5 Å². The lowest BCUT2D eigenvalue weighted by Crippen LogP contribution is -2.13. The number of hydrogen-bond acceptors (Lipinski definition) is 5. The third-order valence-corrected chi connectivity index (χ3v) is 4.06. The molecule has 0 aliphatic rings. The number of ether oxygens (including phenoxy) is 2. The number of benzene rings is 2. The van der Waals surface area contributed by atoms with Crippen LogP contribution in [-0.2, 0) is 14.6 Å². The first kappa shape index (κ1) is 17.0. The van der Waals surface area contributed by atoms with Crippen molar-refractivity contribution in [2.24, 2.45) is 0 Å². The third kappa shape index (κ3) is 4.79. The van der Waals surface area contributed by atoms with Gasteiger partial charge >= 0.3 is 5.97 Å². The molecule has 0 saturated carbocycles. The van der Waals surface area contributed by atoms with Crippen molar-refractivity contribution in [1.29, 1.82) is 0 Å². The molecule has 0 saturated heterocycles. The highest BCUT2D eigenvalue weighted by molar-refractivity contribution is 7.90. The fraction of sp³-hybridized carbons (Fsp3) is 0.188. The van der Waals surface area contributed by atoms with Gasteiger partial charge in [0.05, 0.1) is 10.5 Å². The zero-order chi connectivity index (χ0) is 16.9. The summed E-state index contributed by atoms with van der Waals surface area (Å²) in [6, 6.07) is 11.3. The van der Waals surface area contributed by atoms with Crippen molar-refractivity contribution < 1.29 is 27.1 Å². The summed E-state index contributed by atoms with van der Waals surface area (Å²) in [6.07, 6.45) is 1.08. The first-order valence-electron chi connectivity index (χ1n) is 6.72. The van der Waals surface area contributed by atoms with Gasteiger partial charge in [-0.3, -0.25) is 0 Å². The molecule has 0 aliphatic carbocycles. The number of carbonyl (C=O) groups excluding carboxylic acids is 1. The van der Waals surface area contributed by atoms with Gasteiger partial charge in [-0.15, -0.1) is 0 Å². The van der Waals surface area contributed by atoms with Gasteiger partial charge in [0.25, 0.3) is 0 Å². The normalized spacial score (nSPS) is 11.0. The number of hydrogen-bond donors (Lipinski definition) is 0. The summed E-state index contributed by atoms with van der Waals surface area (Å²) in [5, 5.41) is 0. The lowest BCUT2D eigenvalue weighted by atomic mass is 10.2. The van der Waals surface area contributed by atoms with Crippen molar-refractivity contribution in [2.45, 2.75) is 4.90 Å². The topological polar surface area (TPSA) is 69.7 Å². The lowest BCUT2D eigenvalue weighted by Gasteiger charge is -2.08. The Bertz CT molecular complexity index is 784. The molecule has 23 heavy (non-hydrogen) atoms. The molecule has 0 radical (unpaired) electrons. The van der Waals surface area contributed by atoms with Gasteiger partial charge in [-0.05, 0) is 36.4 Å². The Hall–Kier alpha value is -2.41. The highest BCUT2D eigenvalue weighted by atomic mass is 32.2. The molecule has 0 bridgehead atoms. The SMILES string of the molecule is CS(=O)(=O)c1ccc(C(=O)OCCOc2ccccc2F)cc1. The van der Waals surface area contributed by atoms with Gasteiger partial charge < -0.3 is 9.47 Å². The van der Waals surface area contributed by atoms with Crippen molar-refractivity contribution in [1.82, 2.24) is 0 Å². The average Bonchev–Trinajstić information content (AvgIpc) is 2.52. The fourth-order valence-electron chi connectivity index (χ4n) is 1.77. The summed E-state index contributed by atoms with van der Waals surface area (Å²) in [7, 11) is -3.31. The molecule has 0 heterocycles. The molecule has 7 heteroatoms. The highest BCUT2D eigenvalue weighted by Gasteiger charge is 2.11. The summed E-state index contributed by atoms with van der Waals surface area (Å²) < 4.78 is 46.1. The zero-order valence-electron chi connectivity index (χ0n) is 12.4. The van der Waals surface area contributed by atoms with E-state index in [1.165, 1.54) is 36.4 Å².